The molecule has 98 valence electrons. The van der Waals surface area contributed by atoms with Crippen LogP contribution < -0.4 is 0 Å². The smallest absolute Gasteiger partial charge is 0.161 e. The van der Waals surface area contributed by atoms with Crippen molar-refractivity contribution in [1.29, 1.82) is 5.26 Å². The van der Waals surface area contributed by atoms with E-state index in [0.29, 0.717) is 22.6 Å². The molecule has 0 radical (unpaired) electrons. The van der Waals surface area contributed by atoms with Gasteiger partial charge in [-0.15, -0.1) is 0 Å². The normalized spacial score (nSPS) is 10.7. The fourth-order valence-electron chi connectivity index (χ4n) is 2.18. The lowest BCUT2D eigenvalue weighted by atomic mass is 10.2. The van der Waals surface area contributed by atoms with E-state index in [2.05, 4.69) is 16.0 Å². The number of nitrogens with zero attached hydrogens (tertiary/aromatic N) is 4. The molecule has 0 fully saturated rings. The molecular weight excluding hydrogens is 255 g/mol. The van der Waals surface area contributed by atoms with Crippen LogP contribution in [0.5, 0.6) is 0 Å². The van der Waals surface area contributed by atoms with Crippen molar-refractivity contribution in [3.05, 3.63) is 47.9 Å². The predicted molar refractivity (Wildman–Crippen MR) is 73.3 cm³/mol. The Morgan fingerprint density at radius 3 is 2.90 bits per heavy atom. The van der Waals surface area contributed by atoms with Gasteiger partial charge in [-0.25, -0.2) is 14.4 Å². The monoisotopic (exact) mass is 266 g/mol. The third-order valence-corrected chi connectivity index (χ3v) is 3.07. The average molecular weight is 266 g/mol. The van der Waals surface area contributed by atoms with Gasteiger partial charge in [-0.05, 0) is 30.7 Å². The lowest BCUT2D eigenvalue weighted by molar-refractivity contribution is 0.628. The topological polar surface area (TPSA) is 54.5 Å². The van der Waals surface area contributed by atoms with Gasteiger partial charge < -0.3 is 0 Å². The van der Waals surface area contributed by atoms with Crippen LogP contribution in [0.25, 0.3) is 22.6 Å². The number of hydrogen-bond acceptors (Lipinski definition) is 3. The van der Waals surface area contributed by atoms with Crippen molar-refractivity contribution in [3.8, 4) is 17.5 Å². The summed E-state index contributed by atoms with van der Waals surface area (Å²) in [5.74, 6) is 0.0662. The van der Waals surface area contributed by atoms with Crippen molar-refractivity contribution in [3.63, 3.8) is 0 Å². The molecule has 5 heteroatoms. The van der Waals surface area contributed by atoms with Gasteiger partial charge >= 0.3 is 0 Å². The number of imidazole rings is 1. The molecule has 0 saturated heterocycles. The molecule has 0 N–H and O–H groups in total. The van der Waals surface area contributed by atoms with E-state index in [1.165, 1.54) is 6.07 Å². The summed E-state index contributed by atoms with van der Waals surface area (Å²) in [6.07, 6.45) is 1.71. The Hall–Kier alpha value is -2.74. The van der Waals surface area contributed by atoms with Gasteiger partial charge in [0.25, 0.3) is 0 Å². The van der Waals surface area contributed by atoms with Crippen LogP contribution in [0.3, 0.4) is 0 Å². The number of fused-ring (bicyclic) bond motifs is 1. The molecule has 0 unspecified atom stereocenters. The van der Waals surface area contributed by atoms with Crippen LogP contribution in [0.4, 0.5) is 4.39 Å². The van der Waals surface area contributed by atoms with E-state index in [1.807, 2.05) is 13.0 Å². The molecule has 0 aliphatic rings. The molecule has 2 aromatic heterocycles. The molecule has 4 nitrogen and oxygen atoms in total. The van der Waals surface area contributed by atoms with Gasteiger partial charge in [0.15, 0.2) is 5.65 Å². The number of pyridine rings is 1. The van der Waals surface area contributed by atoms with Crippen molar-refractivity contribution in [2.45, 2.75) is 13.5 Å². The fraction of sp³-hybridized carbons (Fsp3) is 0.133. The van der Waals surface area contributed by atoms with E-state index in [9.17, 15) is 4.39 Å². The van der Waals surface area contributed by atoms with E-state index < -0.39 is 0 Å². The standard InChI is InChI=1S/C15H11FN4/c1-10-8-13-15(18-9-10)20(7-6-17)14(19-13)11-4-2-3-5-12(11)16/h2-5,8-9H,7H2,1H3. The minimum absolute atomic E-state index is 0.0796. The maximum atomic E-state index is 13.9. The van der Waals surface area contributed by atoms with Gasteiger partial charge in [0.2, 0.25) is 0 Å². The van der Waals surface area contributed by atoms with Gasteiger partial charge in [0, 0.05) is 6.20 Å². The highest BCUT2D eigenvalue weighted by molar-refractivity contribution is 5.77. The van der Waals surface area contributed by atoms with Crippen LogP contribution in [0.15, 0.2) is 36.5 Å². The molecule has 0 amide bonds. The van der Waals surface area contributed by atoms with Gasteiger partial charge in [0.1, 0.15) is 23.7 Å². The second kappa shape index (κ2) is 4.74. The first-order valence-electron chi connectivity index (χ1n) is 6.15. The quantitative estimate of drug-likeness (QED) is 0.716. The Balaban J connectivity index is 2.32. The highest BCUT2D eigenvalue weighted by Crippen LogP contribution is 2.26. The molecular formula is C15H11FN4. The van der Waals surface area contributed by atoms with Gasteiger partial charge in [-0.3, -0.25) is 4.57 Å². The zero-order valence-corrected chi connectivity index (χ0v) is 10.8. The molecule has 0 aliphatic carbocycles. The highest BCUT2D eigenvalue weighted by Gasteiger charge is 2.16. The molecule has 0 aliphatic heterocycles. The number of aromatic nitrogens is 3. The summed E-state index contributed by atoms with van der Waals surface area (Å²) < 4.78 is 15.6. The molecule has 0 saturated carbocycles. The van der Waals surface area contributed by atoms with Gasteiger partial charge in [-0.2, -0.15) is 5.26 Å². The third-order valence-electron chi connectivity index (χ3n) is 3.07. The fourth-order valence-corrected chi connectivity index (χ4v) is 2.18. The first kappa shape index (κ1) is 12.3. The number of aryl methyl sites for hydroxylation is 1. The van der Waals surface area contributed by atoms with Crippen LogP contribution in [0.2, 0.25) is 0 Å². The van der Waals surface area contributed by atoms with Gasteiger partial charge in [-0.1, -0.05) is 12.1 Å². The highest BCUT2D eigenvalue weighted by atomic mass is 19.1. The molecule has 20 heavy (non-hydrogen) atoms. The second-order valence-electron chi connectivity index (χ2n) is 4.51. The number of halogens is 1. The number of benzene rings is 1. The lowest BCUT2D eigenvalue weighted by Gasteiger charge is -2.05. The van der Waals surface area contributed by atoms with E-state index in [0.717, 1.165) is 5.56 Å². The number of nitriles is 1. The van der Waals surface area contributed by atoms with Crippen molar-refractivity contribution >= 4 is 11.2 Å². The zero-order valence-electron chi connectivity index (χ0n) is 10.8. The Morgan fingerprint density at radius 1 is 1.35 bits per heavy atom. The van der Waals surface area contributed by atoms with E-state index in [4.69, 9.17) is 5.26 Å². The van der Waals surface area contributed by atoms with Crippen molar-refractivity contribution in [1.82, 2.24) is 14.5 Å². The molecule has 0 atom stereocenters. The van der Waals surface area contributed by atoms with E-state index in [-0.39, 0.29) is 12.4 Å². The largest absolute Gasteiger partial charge is 0.295 e. The summed E-state index contributed by atoms with van der Waals surface area (Å²) in [6, 6.07) is 10.3. The summed E-state index contributed by atoms with van der Waals surface area (Å²) in [4.78, 5) is 8.73. The van der Waals surface area contributed by atoms with Crippen molar-refractivity contribution < 1.29 is 4.39 Å². The number of rotatable bonds is 2. The maximum Gasteiger partial charge on any atom is 0.161 e. The molecule has 3 rings (SSSR count). The molecule has 2 heterocycles. The minimum atomic E-state index is -0.362. The molecule has 0 spiro atoms. The third kappa shape index (κ3) is 1.91. The van der Waals surface area contributed by atoms with Crippen molar-refractivity contribution in [2.75, 3.05) is 0 Å². The van der Waals surface area contributed by atoms with E-state index >= 15 is 0 Å². The Morgan fingerprint density at radius 2 is 2.15 bits per heavy atom. The summed E-state index contributed by atoms with van der Waals surface area (Å²) >= 11 is 0. The summed E-state index contributed by atoms with van der Waals surface area (Å²) in [6.45, 7) is 1.99. The number of hydrogen-bond donors (Lipinski definition) is 0. The summed E-state index contributed by atoms with van der Waals surface area (Å²) in [5.41, 5.74) is 2.60. The summed E-state index contributed by atoms with van der Waals surface area (Å²) in [7, 11) is 0. The van der Waals surface area contributed by atoms with Crippen LogP contribution in [-0.2, 0) is 6.54 Å². The Labute approximate surface area is 115 Å². The van der Waals surface area contributed by atoms with Crippen LogP contribution in [0.1, 0.15) is 5.56 Å². The van der Waals surface area contributed by atoms with E-state index in [1.54, 1.807) is 29.0 Å². The first-order valence-corrected chi connectivity index (χ1v) is 6.15. The second-order valence-corrected chi connectivity index (χ2v) is 4.51. The van der Waals surface area contributed by atoms with Gasteiger partial charge in [0.05, 0.1) is 11.6 Å². The van der Waals surface area contributed by atoms with Crippen molar-refractivity contribution in [2.24, 2.45) is 0 Å². The van der Waals surface area contributed by atoms with Crippen LogP contribution in [-0.4, -0.2) is 14.5 Å². The Kier molecular flexibility index (Phi) is 2.92. The molecule has 0 bridgehead atoms. The average Bonchev–Trinajstić information content (AvgIpc) is 2.77. The summed E-state index contributed by atoms with van der Waals surface area (Å²) in [5, 5.41) is 8.97. The molecule has 1 aromatic carbocycles. The Bertz CT molecular complexity index is 829. The lowest BCUT2D eigenvalue weighted by Crippen LogP contribution is -2.01. The minimum Gasteiger partial charge on any atom is -0.295 e. The molecule has 3 aromatic rings. The van der Waals surface area contributed by atoms with Crippen LogP contribution in [0, 0.1) is 24.1 Å². The van der Waals surface area contributed by atoms with Crippen LogP contribution >= 0.6 is 0 Å². The maximum absolute atomic E-state index is 13.9. The zero-order chi connectivity index (χ0) is 14.1. The first-order chi connectivity index (χ1) is 9.70. The predicted octanol–water partition coefficient (Wildman–Crippen LogP) is 3.07. The SMILES string of the molecule is Cc1cnc2c(c1)nc(-c1ccccc1F)n2CC#N.